The Morgan fingerprint density at radius 1 is 1.14 bits per heavy atom. The maximum absolute atomic E-state index is 6.10. The highest BCUT2D eigenvalue weighted by molar-refractivity contribution is 6.09. The van der Waals surface area contributed by atoms with Crippen LogP contribution in [0.1, 0.15) is 17.3 Å². The van der Waals surface area contributed by atoms with Gasteiger partial charge in [-0.2, -0.15) is 0 Å². The van der Waals surface area contributed by atoms with Crippen molar-refractivity contribution in [2.24, 2.45) is 10.7 Å². The van der Waals surface area contributed by atoms with Crippen molar-refractivity contribution in [2.75, 3.05) is 6.61 Å². The van der Waals surface area contributed by atoms with Crippen molar-refractivity contribution in [3.05, 3.63) is 72.2 Å². The van der Waals surface area contributed by atoms with E-state index < -0.39 is 6.35 Å². The number of pyridine rings is 1. The van der Waals surface area contributed by atoms with E-state index >= 15 is 0 Å². The molecule has 22 heavy (non-hydrogen) atoms. The third-order valence-electron chi connectivity index (χ3n) is 3.35. The molecule has 2 heterocycles. The molecular formula is C17H18N4O. The molecule has 1 aromatic heterocycles. The summed E-state index contributed by atoms with van der Waals surface area (Å²) in [7, 11) is 0. The number of allylic oxidation sites excluding steroid dienone is 1. The van der Waals surface area contributed by atoms with Gasteiger partial charge in [0.2, 0.25) is 6.35 Å². The zero-order valence-electron chi connectivity index (χ0n) is 12.1. The predicted octanol–water partition coefficient (Wildman–Crippen LogP) is 2.10. The first-order chi connectivity index (χ1) is 10.8. The maximum Gasteiger partial charge on any atom is 0.225 e. The minimum atomic E-state index is -0.415. The fourth-order valence-corrected chi connectivity index (χ4v) is 2.15. The molecule has 5 nitrogen and oxygen atoms in total. The minimum absolute atomic E-state index is 0.167. The fraction of sp³-hybridized carbons (Fsp3) is 0.176. The molecule has 0 aliphatic carbocycles. The average molecular weight is 294 g/mol. The number of rotatable bonds is 5. The van der Waals surface area contributed by atoms with Gasteiger partial charge in [0.15, 0.2) is 0 Å². The quantitative estimate of drug-likeness (QED) is 0.885. The molecule has 3 N–H and O–H groups in total. The van der Waals surface area contributed by atoms with Crippen molar-refractivity contribution in [3.8, 4) is 0 Å². The molecule has 112 valence electrons. The fourth-order valence-electron chi connectivity index (χ4n) is 2.15. The predicted molar refractivity (Wildman–Crippen MR) is 87.0 cm³/mol. The summed E-state index contributed by atoms with van der Waals surface area (Å²) in [6.45, 7) is 0.395. The lowest BCUT2D eigenvalue weighted by Crippen LogP contribution is -2.31. The lowest BCUT2D eigenvalue weighted by molar-refractivity contribution is 0.0365. The van der Waals surface area contributed by atoms with E-state index in [9.17, 15) is 0 Å². The second kappa shape index (κ2) is 6.98. The lowest BCUT2D eigenvalue weighted by atomic mass is 10.1. The number of aliphatic imine (C=N–C) groups is 1. The second-order valence-corrected chi connectivity index (χ2v) is 4.96. The van der Waals surface area contributed by atoms with Gasteiger partial charge in [0, 0.05) is 24.2 Å². The second-order valence-electron chi connectivity index (χ2n) is 4.96. The molecule has 0 bridgehead atoms. The lowest BCUT2D eigenvalue weighted by Gasteiger charge is -2.20. The van der Waals surface area contributed by atoms with Gasteiger partial charge in [-0.05, 0) is 17.7 Å². The Balaban J connectivity index is 1.52. The van der Waals surface area contributed by atoms with Gasteiger partial charge in [-0.25, -0.2) is 4.99 Å². The molecule has 0 amide bonds. The smallest absolute Gasteiger partial charge is 0.225 e. The summed E-state index contributed by atoms with van der Waals surface area (Å²) in [5, 5.41) is 3.10. The van der Waals surface area contributed by atoms with E-state index in [0.29, 0.717) is 6.61 Å². The summed E-state index contributed by atoms with van der Waals surface area (Å²) in [4.78, 5) is 8.61. The number of benzene rings is 1. The number of nitrogens with one attached hydrogen (secondary N) is 1. The molecule has 0 radical (unpaired) electrons. The normalized spacial score (nSPS) is 18.4. The summed E-state index contributed by atoms with van der Waals surface area (Å²) < 4.78 is 5.68. The summed E-state index contributed by atoms with van der Waals surface area (Å²) in [6, 6.07) is 15.5. The van der Waals surface area contributed by atoms with Crippen molar-refractivity contribution in [1.29, 1.82) is 0 Å². The van der Waals surface area contributed by atoms with E-state index in [1.54, 1.807) is 12.4 Å². The van der Waals surface area contributed by atoms with E-state index in [0.717, 1.165) is 16.8 Å². The van der Waals surface area contributed by atoms with Gasteiger partial charge in [-0.1, -0.05) is 36.4 Å². The minimum Gasteiger partial charge on any atom is -0.347 e. The first-order valence-corrected chi connectivity index (χ1v) is 7.16. The van der Waals surface area contributed by atoms with Crippen LogP contribution in [0, 0.1) is 0 Å². The van der Waals surface area contributed by atoms with E-state index in [4.69, 9.17) is 10.5 Å². The average Bonchev–Trinajstić information content (AvgIpc) is 2.61. The Kier molecular flexibility index (Phi) is 4.58. The third-order valence-corrected chi connectivity index (χ3v) is 3.35. The van der Waals surface area contributed by atoms with Crippen LogP contribution in [0.2, 0.25) is 0 Å². The standard InChI is InChI=1S/C17H18N4O/c18-15(13-6-2-1-3-7-13)12-22-17-20-10-14(11-21-17)16-8-4-5-9-19-16/h1-11,15,17,20H,12,18H2. The van der Waals surface area contributed by atoms with Gasteiger partial charge in [0.25, 0.3) is 0 Å². The van der Waals surface area contributed by atoms with E-state index in [1.807, 2.05) is 54.7 Å². The van der Waals surface area contributed by atoms with Gasteiger partial charge in [0.05, 0.1) is 18.3 Å². The first kappa shape index (κ1) is 14.4. The summed E-state index contributed by atoms with van der Waals surface area (Å²) in [5.41, 5.74) is 8.95. The number of ether oxygens (including phenoxy) is 1. The first-order valence-electron chi connectivity index (χ1n) is 7.16. The van der Waals surface area contributed by atoms with Crippen molar-refractivity contribution in [2.45, 2.75) is 12.4 Å². The molecule has 0 saturated heterocycles. The van der Waals surface area contributed by atoms with Crippen LogP contribution in [0.5, 0.6) is 0 Å². The topological polar surface area (TPSA) is 72.5 Å². The third kappa shape index (κ3) is 3.58. The molecule has 1 aliphatic rings. The largest absolute Gasteiger partial charge is 0.347 e. The van der Waals surface area contributed by atoms with Crippen molar-refractivity contribution >= 4 is 11.8 Å². The van der Waals surface area contributed by atoms with Crippen LogP contribution < -0.4 is 11.1 Å². The molecule has 0 fully saturated rings. The monoisotopic (exact) mass is 294 g/mol. The van der Waals surface area contributed by atoms with Crippen LogP contribution in [0.4, 0.5) is 0 Å². The number of nitrogens with zero attached hydrogens (tertiary/aromatic N) is 2. The zero-order valence-corrected chi connectivity index (χ0v) is 12.1. The number of aromatic nitrogens is 1. The SMILES string of the molecule is NC(COC1N=CC(c2ccccn2)=CN1)c1ccccc1. The van der Waals surface area contributed by atoms with Gasteiger partial charge in [0.1, 0.15) is 0 Å². The highest BCUT2D eigenvalue weighted by Crippen LogP contribution is 2.14. The Labute approximate surface area is 129 Å². The summed E-state index contributed by atoms with van der Waals surface area (Å²) >= 11 is 0. The van der Waals surface area contributed by atoms with Crippen LogP contribution in [0.3, 0.4) is 0 Å². The molecule has 2 atom stereocenters. The zero-order chi connectivity index (χ0) is 15.2. The molecular weight excluding hydrogens is 276 g/mol. The van der Waals surface area contributed by atoms with Gasteiger partial charge >= 0.3 is 0 Å². The van der Waals surface area contributed by atoms with Gasteiger partial charge < -0.3 is 15.8 Å². The van der Waals surface area contributed by atoms with Crippen LogP contribution in [0.25, 0.3) is 5.57 Å². The number of hydrogen-bond donors (Lipinski definition) is 2. The summed E-state index contributed by atoms with van der Waals surface area (Å²) in [6.07, 6.45) is 4.96. The maximum atomic E-state index is 6.10. The Hall–Kier alpha value is -2.50. The van der Waals surface area contributed by atoms with Crippen molar-refractivity contribution < 1.29 is 4.74 Å². The van der Waals surface area contributed by atoms with Crippen molar-refractivity contribution in [3.63, 3.8) is 0 Å². The highest BCUT2D eigenvalue weighted by atomic mass is 16.5. The molecule has 1 aliphatic heterocycles. The number of hydrogen-bond acceptors (Lipinski definition) is 5. The molecule has 2 aromatic rings. The molecule has 0 spiro atoms. The molecule has 5 heteroatoms. The van der Waals surface area contributed by atoms with Gasteiger partial charge in [-0.15, -0.1) is 0 Å². The van der Waals surface area contributed by atoms with Crippen LogP contribution in [-0.4, -0.2) is 24.2 Å². The van der Waals surface area contributed by atoms with E-state index in [1.165, 1.54) is 0 Å². The molecule has 1 aromatic carbocycles. The Bertz CT molecular complexity index is 655. The number of nitrogens with two attached hydrogens (primary N) is 1. The van der Waals surface area contributed by atoms with Crippen molar-refractivity contribution in [1.82, 2.24) is 10.3 Å². The van der Waals surface area contributed by atoms with Crippen LogP contribution in [0.15, 0.2) is 65.9 Å². The van der Waals surface area contributed by atoms with E-state index in [2.05, 4.69) is 15.3 Å². The Morgan fingerprint density at radius 2 is 1.95 bits per heavy atom. The highest BCUT2D eigenvalue weighted by Gasteiger charge is 2.13. The van der Waals surface area contributed by atoms with Gasteiger partial charge in [-0.3, -0.25) is 4.98 Å². The molecule has 2 unspecified atom stereocenters. The van der Waals surface area contributed by atoms with E-state index in [-0.39, 0.29) is 6.04 Å². The molecule has 3 rings (SSSR count). The van der Waals surface area contributed by atoms with Crippen LogP contribution >= 0.6 is 0 Å². The van der Waals surface area contributed by atoms with Crippen LogP contribution in [-0.2, 0) is 4.74 Å². The molecule has 0 saturated carbocycles. The summed E-state index contributed by atoms with van der Waals surface area (Å²) in [5.74, 6) is 0. The Morgan fingerprint density at radius 3 is 2.64 bits per heavy atom.